The largest absolute Gasteiger partial charge is 0.444 e. The smallest absolute Gasteiger partial charge is 0.410 e. The number of aromatic nitrogens is 3. The molecule has 1 aliphatic heterocycles. The number of primary amides is 1. The molecule has 0 spiro atoms. The first-order valence-corrected chi connectivity index (χ1v) is 11.8. The molecule has 2 amide bonds. The number of hydrogen-bond acceptors (Lipinski definition) is 6. The van der Waals surface area contributed by atoms with Crippen LogP contribution in [0.15, 0.2) is 24.4 Å². The fraction of sp³-hybridized carbons (Fsp3) is 0.583. The number of likely N-dealkylation sites (tertiary alicyclic amines) is 1. The minimum absolute atomic E-state index is 0.0350. The molecule has 0 radical (unpaired) electrons. The average Bonchev–Trinajstić information content (AvgIpc) is 3.47. The van der Waals surface area contributed by atoms with Crippen LogP contribution in [0.3, 0.4) is 0 Å². The molecule has 1 saturated carbocycles. The number of piperidine rings is 1. The highest BCUT2D eigenvalue weighted by atomic mass is 16.6. The van der Waals surface area contributed by atoms with E-state index in [1.54, 1.807) is 11.1 Å². The summed E-state index contributed by atoms with van der Waals surface area (Å²) in [6, 6.07) is 1.87. The number of aromatic amines is 1. The molecule has 5 rings (SSSR count). The van der Waals surface area contributed by atoms with Gasteiger partial charge in [0.25, 0.3) is 0 Å². The Hall–Kier alpha value is -3.10. The minimum Gasteiger partial charge on any atom is -0.444 e. The third kappa shape index (κ3) is 4.16. The van der Waals surface area contributed by atoms with Gasteiger partial charge in [-0.05, 0) is 57.9 Å². The molecule has 2 aromatic rings. The van der Waals surface area contributed by atoms with Crippen LogP contribution in [0.25, 0.3) is 11.2 Å². The van der Waals surface area contributed by atoms with Gasteiger partial charge in [-0.15, -0.1) is 0 Å². The first kappa shape index (κ1) is 21.7. The molecule has 3 heterocycles. The van der Waals surface area contributed by atoms with Crippen LogP contribution in [0.4, 0.5) is 10.5 Å². The Morgan fingerprint density at radius 1 is 1.27 bits per heavy atom. The molecule has 0 aromatic carbocycles. The van der Waals surface area contributed by atoms with Gasteiger partial charge in [-0.1, -0.05) is 12.2 Å². The normalized spacial score (nSPS) is 28.9. The van der Waals surface area contributed by atoms with Crippen molar-refractivity contribution >= 4 is 28.9 Å². The molecular weight excluding hydrogens is 420 g/mol. The lowest BCUT2D eigenvalue weighted by atomic mass is 9.88. The first-order chi connectivity index (χ1) is 15.7. The molecule has 5 atom stereocenters. The fourth-order valence-corrected chi connectivity index (χ4v) is 5.52. The third-order valence-corrected chi connectivity index (χ3v) is 6.98. The average molecular weight is 453 g/mol. The number of nitrogens with two attached hydrogens (primary N) is 1. The number of carbonyl (C=O) groups is 2. The Morgan fingerprint density at radius 2 is 2.06 bits per heavy atom. The highest BCUT2D eigenvalue weighted by Gasteiger charge is 2.47. The number of carbonyl (C=O) groups excluding carboxylic acids is 2. The molecule has 33 heavy (non-hydrogen) atoms. The number of imidazole rings is 1. The van der Waals surface area contributed by atoms with E-state index >= 15 is 0 Å². The molecule has 4 N–H and O–H groups in total. The van der Waals surface area contributed by atoms with Crippen LogP contribution in [0.1, 0.15) is 51.8 Å². The Kier molecular flexibility index (Phi) is 5.29. The number of allylic oxidation sites excluding steroid dienone is 1. The van der Waals surface area contributed by atoms with Gasteiger partial charge < -0.3 is 25.7 Å². The lowest BCUT2D eigenvalue weighted by molar-refractivity contribution is -0.122. The number of pyridine rings is 1. The number of nitrogens with one attached hydrogen (secondary N) is 2. The summed E-state index contributed by atoms with van der Waals surface area (Å²) in [7, 11) is 0. The Morgan fingerprint density at radius 3 is 2.82 bits per heavy atom. The van der Waals surface area contributed by atoms with E-state index in [0.29, 0.717) is 24.7 Å². The summed E-state index contributed by atoms with van der Waals surface area (Å²) < 4.78 is 5.56. The second-order valence-electron chi connectivity index (χ2n) is 10.5. The Balaban J connectivity index is 1.36. The molecular formula is C24H32N6O3. The van der Waals surface area contributed by atoms with Crippen molar-refractivity contribution in [2.75, 3.05) is 18.4 Å². The van der Waals surface area contributed by atoms with Crippen LogP contribution in [0.5, 0.6) is 0 Å². The van der Waals surface area contributed by atoms with Crippen LogP contribution < -0.4 is 11.1 Å². The van der Waals surface area contributed by atoms with Crippen molar-refractivity contribution in [3.05, 3.63) is 30.2 Å². The van der Waals surface area contributed by atoms with Gasteiger partial charge in [-0.25, -0.2) is 14.8 Å². The van der Waals surface area contributed by atoms with Gasteiger partial charge in [-0.2, -0.15) is 0 Å². The van der Waals surface area contributed by atoms with Gasteiger partial charge in [0.15, 0.2) is 5.65 Å². The number of anilines is 1. The number of ether oxygens (including phenoxy) is 1. The van der Waals surface area contributed by atoms with Crippen molar-refractivity contribution in [2.45, 2.75) is 57.6 Å². The van der Waals surface area contributed by atoms with Gasteiger partial charge in [0.05, 0.1) is 11.6 Å². The van der Waals surface area contributed by atoms with Crippen LogP contribution >= 0.6 is 0 Å². The van der Waals surface area contributed by atoms with E-state index in [2.05, 4.69) is 27.4 Å². The third-order valence-electron chi connectivity index (χ3n) is 6.98. The minimum atomic E-state index is -0.522. The Bertz CT molecular complexity index is 1100. The van der Waals surface area contributed by atoms with E-state index in [4.69, 9.17) is 15.5 Å². The lowest BCUT2D eigenvalue weighted by Crippen LogP contribution is -2.42. The summed E-state index contributed by atoms with van der Waals surface area (Å²) in [6.45, 7) is 6.86. The molecule has 9 heteroatoms. The molecule has 1 unspecified atom stereocenters. The van der Waals surface area contributed by atoms with E-state index in [9.17, 15) is 9.59 Å². The van der Waals surface area contributed by atoms with Crippen molar-refractivity contribution in [1.82, 2.24) is 19.9 Å². The monoisotopic (exact) mass is 452 g/mol. The topological polar surface area (TPSA) is 126 Å². The van der Waals surface area contributed by atoms with Gasteiger partial charge in [0, 0.05) is 31.2 Å². The number of rotatable bonds is 4. The van der Waals surface area contributed by atoms with Gasteiger partial charge >= 0.3 is 6.09 Å². The summed E-state index contributed by atoms with van der Waals surface area (Å²) in [5.41, 5.74) is 7.52. The van der Waals surface area contributed by atoms with Crippen LogP contribution in [-0.2, 0) is 9.53 Å². The molecule has 176 valence electrons. The number of H-pyrrole nitrogens is 1. The van der Waals surface area contributed by atoms with Crippen molar-refractivity contribution in [2.24, 2.45) is 23.5 Å². The van der Waals surface area contributed by atoms with E-state index in [1.165, 1.54) is 0 Å². The van der Waals surface area contributed by atoms with Gasteiger partial charge in [-0.3, -0.25) is 4.79 Å². The fourth-order valence-electron chi connectivity index (χ4n) is 5.52. The standard InChI is InChI=1S/C24H32N6O3/c1-24(2,3)33-23(32)30-10-4-5-15(12-30)21-28-19-16(8-9-26-22(19)29-21)27-18-14-7-6-13(11-14)17(18)20(25)31/h6-9,13-15,17-18H,4-5,10-12H2,1-3H3,(H2,25,31)(H2,26,27,28,29)/t13-,14-,15?,17-,18-/m1/s1. The summed E-state index contributed by atoms with van der Waals surface area (Å²) in [4.78, 5) is 39.1. The summed E-state index contributed by atoms with van der Waals surface area (Å²) in [5.74, 6) is 0.923. The van der Waals surface area contributed by atoms with Crippen molar-refractivity contribution < 1.29 is 14.3 Å². The zero-order valence-corrected chi connectivity index (χ0v) is 19.4. The van der Waals surface area contributed by atoms with Crippen LogP contribution in [0.2, 0.25) is 0 Å². The van der Waals surface area contributed by atoms with Crippen molar-refractivity contribution in [1.29, 1.82) is 0 Å². The maximum atomic E-state index is 12.6. The predicted molar refractivity (Wildman–Crippen MR) is 125 cm³/mol. The van der Waals surface area contributed by atoms with E-state index in [1.807, 2.05) is 26.8 Å². The number of fused-ring (bicyclic) bond motifs is 3. The van der Waals surface area contributed by atoms with E-state index in [0.717, 1.165) is 36.3 Å². The number of nitrogens with zero attached hydrogens (tertiary/aromatic N) is 3. The molecule has 2 fully saturated rings. The van der Waals surface area contributed by atoms with E-state index < -0.39 is 5.60 Å². The molecule has 2 aliphatic carbocycles. The molecule has 3 aliphatic rings. The SMILES string of the molecule is CC(C)(C)OC(=O)N1CCCC(c2nc3nccc(N[C@H]4[C@H](C(N)=O)[C@@H]5C=C[C@@H]4C5)c3[nH]2)C1. The van der Waals surface area contributed by atoms with Crippen LogP contribution in [0, 0.1) is 17.8 Å². The first-order valence-electron chi connectivity index (χ1n) is 11.8. The Labute approximate surface area is 193 Å². The molecule has 9 nitrogen and oxygen atoms in total. The van der Waals surface area contributed by atoms with E-state index in [-0.39, 0.29) is 35.8 Å². The van der Waals surface area contributed by atoms with Gasteiger partial charge in [0.1, 0.15) is 16.9 Å². The highest BCUT2D eigenvalue weighted by molar-refractivity contribution is 5.86. The van der Waals surface area contributed by atoms with Gasteiger partial charge in [0.2, 0.25) is 5.91 Å². The second-order valence-corrected chi connectivity index (χ2v) is 10.5. The zero-order chi connectivity index (χ0) is 23.3. The maximum Gasteiger partial charge on any atom is 0.410 e. The number of amides is 2. The molecule has 2 aromatic heterocycles. The van der Waals surface area contributed by atoms with Crippen LogP contribution in [-0.4, -0.2) is 56.6 Å². The summed E-state index contributed by atoms with van der Waals surface area (Å²) >= 11 is 0. The zero-order valence-electron chi connectivity index (χ0n) is 19.4. The lowest BCUT2D eigenvalue weighted by Gasteiger charge is -2.33. The summed E-state index contributed by atoms with van der Waals surface area (Å²) in [6.07, 6.45) is 8.52. The molecule has 1 saturated heterocycles. The molecule has 2 bridgehead atoms. The number of hydrogen-bond donors (Lipinski definition) is 3. The van der Waals surface area contributed by atoms with Crippen molar-refractivity contribution in [3.8, 4) is 0 Å². The van der Waals surface area contributed by atoms with Crippen molar-refractivity contribution in [3.63, 3.8) is 0 Å². The quantitative estimate of drug-likeness (QED) is 0.612. The summed E-state index contributed by atoms with van der Waals surface area (Å²) in [5, 5.41) is 3.57. The maximum absolute atomic E-state index is 12.6. The second kappa shape index (κ2) is 8.04. The predicted octanol–water partition coefficient (Wildman–Crippen LogP) is 3.16. The highest BCUT2D eigenvalue weighted by Crippen LogP contribution is 2.45.